The number of thiophene rings is 1. The fraction of sp³-hybridized carbons (Fsp3) is 0.115. The van der Waals surface area contributed by atoms with Gasteiger partial charge in [0.1, 0.15) is 0 Å². The van der Waals surface area contributed by atoms with Crippen molar-refractivity contribution in [2.75, 3.05) is 0 Å². The Morgan fingerprint density at radius 1 is 0.765 bits per heavy atom. The third kappa shape index (κ3) is 4.65. The second-order valence-corrected chi connectivity index (χ2v) is 11.5. The summed E-state index contributed by atoms with van der Waals surface area (Å²) in [5.74, 6) is 0.629. The van der Waals surface area contributed by atoms with Crippen LogP contribution in [0.4, 0.5) is 0 Å². The molecule has 6 nitrogen and oxygen atoms in total. The first-order valence-corrected chi connectivity index (χ1v) is 14.6. The number of aryl methyl sites for hydroxylation is 3. The van der Waals surface area contributed by atoms with Gasteiger partial charge >= 0.3 is 208 Å². The maximum atomic E-state index is 13.0. The number of benzene rings is 2. The Labute approximate surface area is 207 Å². The van der Waals surface area contributed by atoms with Crippen molar-refractivity contribution in [2.45, 2.75) is 20.8 Å². The zero-order chi connectivity index (χ0) is 23.7. The molecule has 0 unspecified atom stereocenters. The van der Waals surface area contributed by atoms with E-state index in [0.717, 1.165) is 27.7 Å². The van der Waals surface area contributed by atoms with Crippen molar-refractivity contribution < 1.29 is 15.4 Å². The SMILES string of the molecule is Cc1ccc2cccc([O][Ga]([O]C(=O)c3sccc3C)[O]c3cccc4ccc(C)nc34)c2n1. The van der Waals surface area contributed by atoms with Crippen LogP contribution in [0.5, 0.6) is 11.5 Å². The molecule has 0 amide bonds. The molecule has 0 fully saturated rings. The van der Waals surface area contributed by atoms with E-state index in [-0.39, 0.29) is 0 Å². The number of nitrogens with zero attached hydrogens (tertiary/aromatic N) is 2. The Morgan fingerprint density at radius 2 is 1.32 bits per heavy atom. The van der Waals surface area contributed by atoms with E-state index in [4.69, 9.17) is 10.6 Å². The molecule has 0 aliphatic carbocycles. The summed E-state index contributed by atoms with van der Waals surface area (Å²) in [7, 11) is 0. The van der Waals surface area contributed by atoms with Gasteiger partial charge in [0, 0.05) is 0 Å². The van der Waals surface area contributed by atoms with Crippen LogP contribution in [0.25, 0.3) is 21.8 Å². The summed E-state index contributed by atoms with van der Waals surface area (Å²) in [6.07, 6.45) is 0. The summed E-state index contributed by atoms with van der Waals surface area (Å²) in [6, 6.07) is 21.1. The van der Waals surface area contributed by atoms with Gasteiger partial charge in [0.2, 0.25) is 0 Å². The molecule has 34 heavy (non-hydrogen) atoms. The first-order chi connectivity index (χ1) is 16.5. The van der Waals surface area contributed by atoms with E-state index in [1.54, 1.807) is 0 Å². The van der Waals surface area contributed by atoms with Crippen molar-refractivity contribution in [1.82, 2.24) is 9.97 Å². The first kappa shape index (κ1) is 22.5. The van der Waals surface area contributed by atoms with Crippen molar-refractivity contribution in [3.05, 3.63) is 93.9 Å². The van der Waals surface area contributed by atoms with Crippen LogP contribution in [0.3, 0.4) is 0 Å². The summed E-state index contributed by atoms with van der Waals surface area (Å²) in [6.45, 7) is 5.73. The van der Waals surface area contributed by atoms with Gasteiger partial charge < -0.3 is 0 Å². The normalized spacial score (nSPS) is 10.9. The van der Waals surface area contributed by atoms with Crippen LogP contribution < -0.4 is 7.06 Å². The average Bonchev–Trinajstić information content (AvgIpc) is 3.26. The van der Waals surface area contributed by atoms with Crippen LogP contribution in [0.2, 0.25) is 0 Å². The minimum absolute atomic E-state index is 0.439. The molecule has 8 heteroatoms. The zero-order valence-corrected chi connectivity index (χ0v) is 22.2. The Hall–Kier alpha value is -3.33. The number of carbonyl (C=O) groups is 1. The van der Waals surface area contributed by atoms with E-state index < -0.39 is 23.3 Å². The summed E-state index contributed by atoms with van der Waals surface area (Å²) in [4.78, 5) is 22.8. The van der Waals surface area contributed by atoms with Crippen molar-refractivity contribution in [3.8, 4) is 11.5 Å². The van der Waals surface area contributed by atoms with Crippen molar-refractivity contribution >= 4 is 56.4 Å². The molecule has 0 bridgehead atoms. The average molecular weight is 527 g/mol. The van der Waals surface area contributed by atoms with Gasteiger partial charge in [-0.25, -0.2) is 0 Å². The summed E-state index contributed by atoms with van der Waals surface area (Å²) in [5, 5.41) is 3.74. The van der Waals surface area contributed by atoms with Gasteiger partial charge in [0.05, 0.1) is 0 Å². The number of hydrogen-bond acceptors (Lipinski definition) is 7. The van der Waals surface area contributed by atoms with Crippen LogP contribution in [0, 0.1) is 20.8 Å². The van der Waals surface area contributed by atoms with Crippen molar-refractivity contribution in [1.29, 1.82) is 0 Å². The van der Waals surface area contributed by atoms with Gasteiger partial charge in [0.25, 0.3) is 0 Å². The number of rotatable bonds is 6. The Bertz CT molecular complexity index is 1430. The predicted octanol–water partition coefficient (Wildman–Crippen LogP) is 6.07. The second kappa shape index (κ2) is 9.50. The minimum atomic E-state index is -3.68. The quantitative estimate of drug-likeness (QED) is 0.250. The van der Waals surface area contributed by atoms with E-state index in [9.17, 15) is 4.79 Å². The van der Waals surface area contributed by atoms with E-state index in [2.05, 4.69) is 9.97 Å². The molecule has 3 aromatic heterocycles. The molecule has 0 N–H and O–H groups in total. The molecule has 168 valence electrons. The number of para-hydroxylation sites is 2. The van der Waals surface area contributed by atoms with E-state index in [0.29, 0.717) is 27.4 Å². The van der Waals surface area contributed by atoms with Gasteiger partial charge in [-0.1, -0.05) is 0 Å². The van der Waals surface area contributed by atoms with Crippen LogP contribution >= 0.6 is 11.3 Å². The number of hydrogen-bond donors (Lipinski definition) is 0. The molecule has 0 atom stereocenters. The van der Waals surface area contributed by atoms with Gasteiger partial charge in [-0.15, -0.1) is 0 Å². The topological polar surface area (TPSA) is 70.5 Å². The van der Waals surface area contributed by atoms with Gasteiger partial charge in [-0.2, -0.15) is 0 Å². The molecule has 2 aromatic carbocycles. The fourth-order valence-corrected chi connectivity index (χ4v) is 7.20. The second-order valence-electron chi connectivity index (χ2n) is 7.92. The molecule has 0 saturated heterocycles. The standard InChI is InChI=1S/2C10H9NO.C6H6O2S.Ga/c2*1-7-5-6-8-3-2-4-9(12)10(8)11-7;1-4-2-3-9-5(4)6(7)8;/h2*2-6,12H,1H3;2-3H,1H3,(H,7,8);/q;;;+3/p-3. The van der Waals surface area contributed by atoms with E-state index in [1.807, 2.05) is 92.9 Å². The van der Waals surface area contributed by atoms with Crippen LogP contribution in [-0.4, -0.2) is 33.2 Å². The number of aromatic nitrogens is 2. The summed E-state index contributed by atoms with van der Waals surface area (Å²) >= 11 is -2.34. The van der Waals surface area contributed by atoms with Crippen LogP contribution in [0.1, 0.15) is 26.6 Å². The molecule has 0 saturated carbocycles. The molecular formula is C26H21GaN2O4S. The van der Waals surface area contributed by atoms with Crippen molar-refractivity contribution in [2.24, 2.45) is 0 Å². The van der Waals surface area contributed by atoms with Gasteiger partial charge in [-0.05, 0) is 0 Å². The maximum absolute atomic E-state index is 13.0. The number of carbonyl (C=O) groups excluding carboxylic acids is 1. The molecule has 5 rings (SSSR count). The molecule has 0 radical (unpaired) electrons. The Balaban J connectivity index is 1.53. The third-order valence-electron chi connectivity index (χ3n) is 5.34. The molecule has 0 aliphatic rings. The van der Waals surface area contributed by atoms with Crippen LogP contribution in [-0.2, 0) is 3.53 Å². The number of pyridine rings is 2. The van der Waals surface area contributed by atoms with Gasteiger partial charge in [-0.3, -0.25) is 0 Å². The molecule has 5 aromatic rings. The predicted molar refractivity (Wildman–Crippen MR) is 134 cm³/mol. The Morgan fingerprint density at radius 3 is 1.82 bits per heavy atom. The zero-order valence-electron chi connectivity index (χ0n) is 18.9. The summed E-state index contributed by atoms with van der Waals surface area (Å²) < 4.78 is 18.5. The van der Waals surface area contributed by atoms with Crippen molar-refractivity contribution in [3.63, 3.8) is 0 Å². The molecule has 0 aliphatic heterocycles. The molecular weight excluding hydrogens is 506 g/mol. The summed E-state index contributed by atoms with van der Waals surface area (Å²) in [5.41, 5.74) is 4.01. The molecule has 3 heterocycles. The monoisotopic (exact) mass is 526 g/mol. The van der Waals surface area contributed by atoms with Crippen LogP contribution in [0.15, 0.2) is 72.1 Å². The number of fused-ring (bicyclic) bond motifs is 2. The van der Waals surface area contributed by atoms with E-state index >= 15 is 0 Å². The first-order valence-electron chi connectivity index (χ1n) is 10.8. The third-order valence-corrected chi connectivity index (χ3v) is 9.06. The van der Waals surface area contributed by atoms with E-state index in [1.165, 1.54) is 11.3 Å². The fourth-order valence-electron chi connectivity index (χ4n) is 3.63. The Kier molecular flexibility index (Phi) is 6.27. The van der Waals surface area contributed by atoms with Gasteiger partial charge in [0.15, 0.2) is 0 Å². The molecule has 0 spiro atoms.